The van der Waals surface area contributed by atoms with E-state index in [-0.39, 0.29) is 6.04 Å². The summed E-state index contributed by atoms with van der Waals surface area (Å²) in [4.78, 5) is 0. The van der Waals surface area contributed by atoms with Crippen LogP contribution in [0.1, 0.15) is 18.4 Å². The highest BCUT2D eigenvalue weighted by Gasteiger charge is 2.08. The average molecular weight is 191 g/mol. The zero-order valence-electron chi connectivity index (χ0n) is 8.31. The van der Waals surface area contributed by atoms with E-state index in [1.807, 2.05) is 26.0 Å². The fourth-order valence-electron chi connectivity index (χ4n) is 1.34. The first kappa shape index (κ1) is 9.08. The lowest BCUT2D eigenvalue weighted by molar-refractivity contribution is 0.674. The van der Waals surface area contributed by atoms with E-state index in [2.05, 4.69) is 15.3 Å². The first-order valence-corrected chi connectivity index (χ1v) is 4.60. The van der Waals surface area contributed by atoms with Crippen molar-refractivity contribution in [1.29, 1.82) is 0 Å². The van der Waals surface area contributed by atoms with Crippen molar-refractivity contribution in [1.82, 2.24) is 19.8 Å². The molecule has 14 heavy (non-hydrogen) atoms. The Bertz CT molecular complexity index is 445. The SMILES string of the molecule is Cc1ccc2nnc(CC(C)N)n2n1. The van der Waals surface area contributed by atoms with Crippen molar-refractivity contribution in [3.8, 4) is 0 Å². The van der Waals surface area contributed by atoms with Crippen LogP contribution in [0.4, 0.5) is 0 Å². The van der Waals surface area contributed by atoms with Crippen molar-refractivity contribution in [3.63, 3.8) is 0 Å². The molecular weight excluding hydrogens is 178 g/mol. The molecule has 0 amide bonds. The fraction of sp³-hybridized carbons (Fsp3) is 0.444. The van der Waals surface area contributed by atoms with E-state index < -0.39 is 0 Å². The third-order valence-electron chi connectivity index (χ3n) is 1.97. The number of hydrogen-bond acceptors (Lipinski definition) is 4. The summed E-state index contributed by atoms with van der Waals surface area (Å²) in [6.45, 7) is 3.88. The van der Waals surface area contributed by atoms with E-state index in [9.17, 15) is 0 Å². The van der Waals surface area contributed by atoms with Crippen LogP contribution in [0.15, 0.2) is 12.1 Å². The normalized spacial score (nSPS) is 13.4. The van der Waals surface area contributed by atoms with Gasteiger partial charge in [0.25, 0.3) is 0 Å². The van der Waals surface area contributed by atoms with Crippen LogP contribution in [0.3, 0.4) is 0 Å². The molecule has 0 saturated carbocycles. The summed E-state index contributed by atoms with van der Waals surface area (Å²) in [7, 11) is 0. The third kappa shape index (κ3) is 1.58. The molecule has 0 spiro atoms. The molecule has 0 bridgehead atoms. The van der Waals surface area contributed by atoms with Gasteiger partial charge in [0.05, 0.1) is 5.69 Å². The van der Waals surface area contributed by atoms with E-state index in [0.717, 1.165) is 17.2 Å². The minimum atomic E-state index is 0.0738. The first-order valence-electron chi connectivity index (χ1n) is 4.60. The van der Waals surface area contributed by atoms with Gasteiger partial charge >= 0.3 is 0 Å². The molecule has 0 aliphatic rings. The van der Waals surface area contributed by atoms with Gasteiger partial charge in [0.1, 0.15) is 0 Å². The fourth-order valence-corrected chi connectivity index (χ4v) is 1.34. The molecule has 0 aliphatic carbocycles. The maximum absolute atomic E-state index is 5.70. The average Bonchev–Trinajstić information content (AvgIpc) is 2.47. The summed E-state index contributed by atoms with van der Waals surface area (Å²) in [5, 5.41) is 12.4. The monoisotopic (exact) mass is 191 g/mol. The molecule has 2 rings (SSSR count). The Balaban J connectivity index is 2.50. The second kappa shape index (κ2) is 3.34. The van der Waals surface area contributed by atoms with Crippen LogP contribution in [-0.4, -0.2) is 25.9 Å². The van der Waals surface area contributed by atoms with Gasteiger partial charge in [-0.3, -0.25) is 0 Å². The second-order valence-corrected chi connectivity index (χ2v) is 3.54. The number of fused-ring (bicyclic) bond motifs is 1. The standard InChI is InChI=1S/C9H13N5/c1-6(10)5-9-12-11-8-4-3-7(2)13-14(8)9/h3-4,6H,5,10H2,1-2H3. The molecule has 0 aromatic carbocycles. The van der Waals surface area contributed by atoms with Crippen molar-refractivity contribution in [3.05, 3.63) is 23.7 Å². The Morgan fingerprint density at radius 2 is 2.21 bits per heavy atom. The van der Waals surface area contributed by atoms with Crippen LogP contribution < -0.4 is 5.73 Å². The van der Waals surface area contributed by atoms with Gasteiger partial charge in [0, 0.05) is 12.5 Å². The molecule has 0 radical (unpaired) electrons. The maximum Gasteiger partial charge on any atom is 0.177 e. The molecule has 2 aromatic heterocycles. The van der Waals surface area contributed by atoms with Crippen molar-refractivity contribution >= 4 is 5.65 Å². The van der Waals surface area contributed by atoms with E-state index in [4.69, 9.17) is 5.73 Å². The molecule has 2 heterocycles. The summed E-state index contributed by atoms with van der Waals surface area (Å²) in [5.74, 6) is 0.818. The highest BCUT2D eigenvalue weighted by molar-refractivity contribution is 5.36. The summed E-state index contributed by atoms with van der Waals surface area (Å²) < 4.78 is 1.75. The Morgan fingerprint density at radius 3 is 2.93 bits per heavy atom. The van der Waals surface area contributed by atoms with Gasteiger partial charge in [-0.2, -0.15) is 9.61 Å². The summed E-state index contributed by atoms with van der Waals surface area (Å²) >= 11 is 0. The molecule has 2 N–H and O–H groups in total. The molecular formula is C9H13N5. The molecule has 5 nitrogen and oxygen atoms in total. The van der Waals surface area contributed by atoms with Gasteiger partial charge in [0.2, 0.25) is 0 Å². The predicted molar refractivity (Wildman–Crippen MR) is 52.9 cm³/mol. The summed E-state index contributed by atoms with van der Waals surface area (Å²) in [6, 6.07) is 3.89. The molecule has 1 unspecified atom stereocenters. The lowest BCUT2D eigenvalue weighted by atomic mass is 10.2. The lowest BCUT2D eigenvalue weighted by Crippen LogP contribution is -2.19. The van der Waals surface area contributed by atoms with Crippen LogP contribution in [-0.2, 0) is 6.42 Å². The highest BCUT2D eigenvalue weighted by atomic mass is 15.4. The molecule has 5 heteroatoms. The number of aromatic nitrogens is 4. The second-order valence-electron chi connectivity index (χ2n) is 3.54. The molecule has 0 saturated heterocycles. The molecule has 74 valence electrons. The van der Waals surface area contributed by atoms with Crippen LogP contribution >= 0.6 is 0 Å². The Kier molecular flexibility index (Phi) is 2.17. The summed E-state index contributed by atoms with van der Waals surface area (Å²) in [5.41, 5.74) is 7.42. The molecule has 1 atom stereocenters. The van der Waals surface area contributed by atoms with E-state index in [0.29, 0.717) is 6.42 Å². The quantitative estimate of drug-likeness (QED) is 0.742. The largest absolute Gasteiger partial charge is 0.328 e. The van der Waals surface area contributed by atoms with Crippen molar-refractivity contribution in [2.24, 2.45) is 5.73 Å². The molecule has 2 aromatic rings. The molecule has 0 aliphatic heterocycles. The van der Waals surface area contributed by atoms with Crippen LogP contribution in [0.5, 0.6) is 0 Å². The highest BCUT2D eigenvalue weighted by Crippen LogP contribution is 2.04. The van der Waals surface area contributed by atoms with Gasteiger partial charge in [-0.1, -0.05) is 0 Å². The first-order chi connectivity index (χ1) is 6.66. The minimum absolute atomic E-state index is 0.0738. The minimum Gasteiger partial charge on any atom is -0.328 e. The smallest absolute Gasteiger partial charge is 0.177 e. The van der Waals surface area contributed by atoms with E-state index in [1.54, 1.807) is 4.52 Å². The zero-order valence-corrected chi connectivity index (χ0v) is 8.31. The van der Waals surface area contributed by atoms with Gasteiger partial charge in [-0.05, 0) is 26.0 Å². The number of nitrogens with two attached hydrogens (primary N) is 1. The number of aryl methyl sites for hydroxylation is 1. The van der Waals surface area contributed by atoms with E-state index >= 15 is 0 Å². The van der Waals surface area contributed by atoms with Gasteiger partial charge in [-0.15, -0.1) is 10.2 Å². The van der Waals surface area contributed by atoms with Crippen molar-refractivity contribution in [2.75, 3.05) is 0 Å². The Hall–Kier alpha value is -1.49. The van der Waals surface area contributed by atoms with Crippen molar-refractivity contribution in [2.45, 2.75) is 26.3 Å². The van der Waals surface area contributed by atoms with Gasteiger partial charge in [-0.25, -0.2) is 0 Å². The van der Waals surface area contributed by atoms with E-state index in [1.165, 1.54) is 0 Å². The number of nitrogens with zero attached hydrogens (tertiary/aromatic N) is 4. The van der Waals surface area contributed by atoms with Gasteiger partial charge in [0.15, 0.2) is 11.5 Å². The third-order valence-corrected chi connectivity index (χ3v) is 1.97. The van der Waals surface area contributed by atoms with Crippen LogP contribution in [0.2, 0.25) is 0 Å². The Labute approximate surface area is 81.9 Å². The topological polar surface area (TPSA) is 69.1 Å². The number of hydrogen-bond donors (Lipinski definition) is 1. The Morgan fingerprint density at radius 1 is 1.43 bits per heavy atom. The predicted octanol–water partition coefficient (Wildman–Crippen LogP) is 0.322. The zero-order chi connectivity index (χ0) is 10.1. The number of rotatable bonds is 2. The maximum atomic E-state index is 5.70. The van der Waals surface area contributed by atoms with Crippen molar-refractivity contribution < 1.29 is 0 Å². The summed E-state index contributed by atoms with van der Waals surface area (Å²) in [6.07, 6.45) is 0.692. The van der Waals surface area contributed by atoms with Crippen LogP contribution in [0, 0.1) is 6.92 Å². The van der Waals surface area contributed by atoms with Crippen LogP contribution in [0.25, 0.3) is 5.65 Å². The molecule has 0 fully saturated rings. The lowest BCUT2D eigenvalue weighted by Gasteiger charge is -2.02. The van der Waals surface area contributed by atoms with Gasteiger partial charge < -0.3 is 5.73 Å².